The molecule has 0 fully saturated rings. The maximum atomic E-state index is 12.2. The molecule has 0 saturated carbocycles. The predicted octanol–water partition coefficient (Wildman–Crippen LogP) is 1.06. The van der Waals surface area contributed by atoms with E-state index in [0.717, 1.165) is 0 Å². The molecular weight excluding hydrogens is 250 g/mol. The summed E-state index contributed by atoms with van der Waals surface area (Å²) in [5.74, 6) is 5.20. The Bertz CT molecular complexity index is 551. The number of benzene rings is 1. The minimum absolute atomic E-state index is 0.232. The third kappa shape index (κ3) is 3.33. The fraction of sp³-hybridized carbons (Fsp3) is 0.385. The van der Waals surface area contributed by atoms with Gasteiger partial charge in [0.15, 0.2) is 0 Å². The highest BCUT2D eigenvalue weighted by molar-refractivity contribution is 7.89. The van der Waals surface area contributed by atoms with Crippen LogP contribution in [0.1, 0.15) is 19.4 Å². The van der Waals surface area contributed by atoms with Crippen LogP contribution < -0.4 is 0 Å². The van der Waals surface area contributed by atoms with Crippen molar-refractivity contribution >= 4 is 10.0 Å². The van der Waals surface area contributed by atoms with Crippen molar-refractivity contribution in [2.75, 3.05) is 19.7 Å². The maximum Gasteiger partial charge on any atom is 0.243 e. The quantitative estimate of drug-likeness (QED) is 0.830. The van der Waals surface area contributed by atoms with Crippen LogP contribution in [0.2, 0.25) is 0 Å². The molecule has 0 atom stereocenters. The SMILES string of the molecule is CCN(CC)S(=O)(=O)c1cccc(C#CCO)c1. The molecule has 1 rings (SSSR count). The third-order valence-corrected chi connectivity index (χ3v) is 4.53. The molecule has 1 N–H and O–H groups in total. The van der Waals surface area contributed by atoms with Crippen molar-refractivity contribution in [1.82, 2.24) is 4.31 Å². The van der Waals surface area contributed by atoms with Crippen LogP contribution in [0.3, 0.4) is 0 Å². The van der Waals surface area contributed by atoms with E-state index in [1.807, 2.05) is 0 Å². The molecule has 0 unspecified atom stereocenters. The molecule has 98 valence electrons. The molecule has 0 saturated heterocycles. The number of hydrogen-bond acceptors (Lipinski definition) is 3. The van der Waals surface area contributed by atoms with Gasteiger partial charge in [-0.05, 0) is 18.2 Å². The highest BCUT2D eigenvalue weighted by Gasteiger charge is 2.21. The van der Waals surface area contributed by atoms with Gasteiger partial charge in [0.25, 0.3) is 0 Å². The molecule has 0 amide bonds. The molecule has 0 heterocycles. The van der Waals surface area contributed by atoms with Crippen molar-refractivity contribution in [3.8, 4) is 11.8 Å². The van der Waals surface area contributed by atoms with Crippen LogP contribution in [0.25, 0.3) is 0 Å². The van der Waals surface area contributed by atoms with Gasteiger partial charge in [0.2, 0.25) is 10.0 Å². The highest BCUT2D eigenvalue weighted by atomic mass is 32.2. The van der Waals surface area contributed by atoms with Crippen molar-refractivity contribution in [3.63, 3.8) is 0 Å². The van der Waals surface area contributed by atoms with Gasteiger partial charge in [-0.15, -0.1) is 0 Å². The molecule has 0 spiro atoms. The van der Waals surface area contributed by atoms with Crippen LogP contribution in [0.5, 0.6) is 0 Å². The molecule has 1 aromatic rings. The largest absolute Gasteiger partial charge is 0.384 e. The van der Waals surface area contributed by atoms with E-state index in [-0.39, 0.29) is 11.5 Å². The van der Waals surface area contributed by atoms with Crippen molar-refractivity contribution in [2.24, 2.45) is 0 Å². The Morgan fingerprint density at radius 3 is 2.50 bits per heavy atom. The summed E-state index contributed by atoms with van der Waals surface area (Å²) >= 11 is 0. The van der Waals surface area contributed by atoms with Crippen molar-refractivity contribution in [2.45, 2.75) is 18.7 Å². The predicted molar refractivity (Wildman–Crippen MR) is 70.5 cm³/mol. The van der Waals surface area contributed by atoms with Gasteiger partial charge in [-0.2, -0.15) is 4.31 Å². The summed E-state index contributed by atoms with van der Waals surface area (Å²) in [5, 5.41) is 8.62. The van der Waals surface area contributed by atoms with E-state index in [1.54, 1.807) is 32.0 Å². The van der Waals surface area contributed by atoms with Gasteiger partial charge in [0.05, 0.1) is 4.90 Å². The average Bonchev–Trinajstić information content (AvgIpc) is 2.38. The monoisotopic (exact) mass is 267 g/mol. The van der Waals surface area contributed by atoms with Crippen molar-refractivity contribution in [1.29, 1.82) is 0 Å². The minimum Gasteiger partial charge on any atom is -0.384 e. The second-order valence-electron chi connectivity index (χ2n) is 3.58. The van der Waals surface area contributed by atoms with Gasteiger partial charge in [-0.25, -0.2) is 8.42 Å². The first-order valence-corrected chi connectivity index (χ1v) is 7.20. The molecule has 5 heteroatoms. The Morgan fingerprint density at radius 2 is 1.94 bits per heavy atom. The summed E-state index contributed by atoms with van der Waals surface area (Å²) in [4.78, 5) is 0.232. The minimum atomic E-state index is -3.45. The number of nitrogens with zero attached hydrogens (tertiary/aromatic N) is 1. The molecule has 0 bridgehead atoms. The normalized spacial score (nSPS) is 11.1. The first kappa shape index (κ1) is 14.7. The molecule has 0 aromatic heterocycles. The van der Waals surface area contributed by atoms with Crippen LogP contribution in [-0.4, -0.2) is 37.5 Å². The van der Waals surface area contributed by atoms with Crippen LogP contribution in [0, 0.1) is 11.8 Å². The fourth-order valence-corrected chi connectivity index (χ4v) is 3.09. The van der Waals surface area contributed by atoms with Crippen LogP contribution >= 0.6 is 0 Å². The lowest BCUT2D eigenvalue weighted by Crippen LogP contribution is -2.30. The van der Waals surface area contributed by atoms with Gasteiger partial charge < -0.3 is 5.11 Å². The van der Waals surface area contributed by atoms with Gasteiger partial charge in [0.1, 0.15) is 6.61 Å². The lowest BCUT2D eigenvalue weighted by molar-refractivity contribution is 0.350. The van der Waals surface area contributed by atoms with Crippen LogP contribution in [0.15, 0.2) is 29.2 Å². The molecule has 0 radical (unpaired) electrons. The van der Waals surface area contributed by atoms with Crippen LogP contribution in [0.4, 0.5) is 0 Å². The molecule has 4 nitrogen and oxygen atoms in total. The van der Waals surface area contributed by atoms with E-state index in [1.165, 1.54) is 10.4 Å². The first-order chi connectivity index (χ1) is 8.56. The summed E-state index contributed by atoms with van der Waals surface area (Å²) in [6.07, 6.45) is 0. The molecule has 0 aliphatic rings. The summed E-state index contributed by atoms with van der Waals surface area (Å²) in [6, 6.07) is 6.44. The Hall–Kier alpha value is -1.35. The summed E-state index contributed by atoms with van der Waals surface area (Å²) in [6.45, 7) is 4.23. The van der Waals surface area contributed by atoms with Gasteiger partial charge in [-0.1, -0.05) is 31.8 Å². The van der Waals surface area contributed by atoms with E-state index >= 15 is 0 Å². The average molecular weight is 267 g/mol. The Balaban J connectivity index is 3.17. The van der Waals surface area contributed by atoms with E-state index < -0.39 is 10.0 Å². The summed E-state index contributed by atoms with van der Waals surface area (Å²) in [5.41, 5.74) is 0.581. The lowest BCUT2D eigenvalue weighted by Gasteiger charge is -2.18. The summed E-state index contributed by atoms with van der Waals surface area (Å²) < 4.78 is 25.9. The van der Waals surface area contributed by atoms with E-state index in [0.29, 0.717) is 18.7 Å². The van der Waals surface area contributed by atoms with Gasteiger partial charge in [-0.3, -0.25) is 0 Å². The zero-order valence-corrected chi connectivity index (χ0v) is 11.4. The standard InChI is InChI=1S/C13H17NO3S/c1-3-14(4-2)18(16,17)13-9-5-7-12(11-13)8-6-10-15/h5,7,9,11,15H,3-4,10H2,1-2H3. The smallest absolute Gasteiger partial charge is 0.243 e. The molecular formula is C13H17NO3S. The molecule has 1 aromatic carbocycles. The second kappa shape index (κ2) is 6.55. The zero-order valence-electron chi connectivity index (χ0n) is 10.5. The highest BCUT2D eigenvalue weighted by Crippen LogP contribution is 2.16. The summed E-state index contributed by atoms with van der Waals surface area (Å²) in [7, 11) is -3.45. The molecule has 0 aliphatic heterocycles. The van der Waals surface area contributed by atoms with Gasteiger partial charge in [0, 0.05) is 18.7 Å². The number of hydrogen-bond donors (Lipinski definition) is 1. The molecule has 0 aliphatic carbocycles. The second-order valence-corrected chi connectivity index (χ2v) is 5.51. The topological polar surface area (TPSA) is 57.6 Å². The zero-order chi connectivity index (χ0) is 13.6. The Kier molecular flexibility index (Phi) is 5.35. The van der Waals surface area contributed by atoms with Gasteiger partial charge >= 0.3 is 0 Å². The van der Waals surface area contributed by atoms with E-state index in [9.17, 15) is 8.42 Å². The number of aliphatic hydroxyl groups excluding tert-OH is 1. The first-order valence-electron chi connectivity index (χ1n) is 5.76. The van der Waals surface area contributed by atoms with Crippen molar-refractivity contribution < 1.29 is 13.5 Å². The Labute approximate surface area is 108 Å². The number of rotatable bonds is 4. The number of sulfonamides is 1. The maximum absolute atomic E-state index is 12.2. The Morgan fingerprint density at radius 1 is 1.28 bits per heavy atom. The molecule has 18 heavy (non-hydrogen) atoms. The van der Waals surface area contributed by atoms with E-state index in [2.05, 4.69) is 11.8 Å². The fourth-order valence-electron chi connectivity index (χ4n) is 1.59. The van der Waals surface area contributed by atoms with E-state index in [4.69, 9.17) is 5.11 Å². The van der Waals surface area contributed by atoms with Crippen molar-refractivity contribution in [3.05, 3.63) is 29.8 Å². The third-order valence-electron chi connectivity index (χ3n) is 2.49. The number of aliphatic hydroxyl groups is 1. The van der Waals surface area contributed by atoms with Crippen LogP contribution in [-0.2, 0) is 10.0 Å². The lowest BCUT2D eigenvalue weighted by atomic mass is 10.2.